The lowest BCUT2D eigenvalue weighted by Crippen LogP contribution is -2.37. The van der Waals surface area contributed by atoms with Gasteiger partial charge in [0.2, 0.25) is 5.91 Å². The van der Waals surface area contributed by atoms with Crippen molar-refractivity contribution in [2.75, 3.05) is 6.54 Å². The Bertz CT molecular complexity index is 482. The molecule has 0 aromatic heterocycles. The van der Waals surface area contributed by atoms with Crippen LogP contribution in [0.2, 0.25) is 0 Å². The van der Waals surface area contributed by atoms with Gasteiger partial charge >= 0.3 is 5.97 Å². The van der Waals surface area contributed by atoms with E-state index < -0.39 is 17.8 Å². The van der Waals surface area contributed by atoms with E-state index in [1.54, 1.807) is 31.2 Å². The van der Waals surface area contributed by atoms with Gasteiger partial charge in [-0.3, -0.25) is 19.3 Å². The third kappa shape index (κ3) is 3.41. The predicted octanol–water partition coefficient (Wildman–Crippen LogP) is 1.46. The van der Waals surface area contributed by atoms with Crippen LogP contribution in [0.15, 0.2) is 24.3 Å². The van der Waals surface area contributed by atoms with Gasteiger partial charge in [-0.2, -0.15) is 0 Å². The maximum Gasteiger partial charge on any atom is 0.305 e. The van der Waals surface area contributed by atoms with E-state index in [2.05, 4.69) is 0 Å². The number of carboxylic acids is 1. The fraction of sp³-hybridized carbons (Fsp3) is 0.308. The van der Waals surface area contributed by atoms with Gasteiger partial charge in [-0.25, -0.2) is 0 Å². The van der Waals surface area contributed by atoms with Crippen molar-refractivity contribution in [3.05, 3.63) is 35.4 Å². The van der Waals surface area contributed by atoms with Gasteiger partial charge in [0.25, 0.3) is 5.91 Å². The van der Waals surface area contributed by atoms with Gasteiger partial charge in [-0.1, -0.05) is 18.2 Å². The van der Waals surface area contributed by atoms with Crippen LogP contribution in [-0.4, -0.2) is 34.3 Å². The summed E-state index contributed by atoms with van der Waals surface area (Å²) in [6.07, 6.45) is -0.253. The molecule has 0 aliphatic carbocycles. The molecule has 0 heterocycles. The number of nitrogens with zero attached hydrogens (tertiary/aromatic N) is 1. The van der Waals surface area contributed by atoms with Gasteiger partial charge in [0.05, 0.1) is 6.42 Å². The largest absolute Gasteiger partial charge is 0.481 e. The first-order chi connectivity index (χ1) is 8.43. The molecule has 0 bridgehead atoms. The normalized spacial score (nSPS) is 9.89. The number of carboxylic acid groups (broad SMARTS) is 1. The summed E-state index contributed by atoms with van der Waals surface area (Å²) in [4.78, 5) is 35.0. The van der Waals surface area contributed by atoms with Crippen molar-refractivity contribution >= 4 is 17.8 Å². The van der Waals surface area contributed by atoms with Crippen molar-refractivity contribution in [1.82, 2.24) is 4.90 Å². The average molecular weight is 249 g/mol. The number of hydrogen-bond donors (Lipinski definition) is 1. The molecule has 1 N–H and O–H groups in total. The highest BCUT2D eigenvalue weighted by Gasteiger charge is 2.21. The number of carbonyl (C=O) groups is 3. The molecule has 0 saturated heterocycles. The Kier molecular flexibility index (Phi) is 4.59. The van der Waals surface area contributed by atoms with Gasteiger partial charge in [-0.05, 0) is 18.6 Å². The molecule has 0 saturated carbocycles. The molecule has 0 spiro atoms. The fourth-order valence-electron chi connectivity index (χ4n) is 1.57. The molecule has 18 heavy (non-hydrogen) atoms. The average Bonchev–Trinajstić information content (AvgIpc) is 2.28. The Labute approximate surface area is 105 Å². The lowest BCUT2D eigenvalue weighted by Gasteiger charge is -2.19. The van der Waals surface area contributed by atoms with Crippen LogP contribution in [0.4, 0.5) is 0 Å². The van der Waals surface area contributed by atoms with E-state index in [-0.39, 0.29) is 13.0 Å². The second-order valence-corrected chi connectivity index (χ2v) is 3.93. The lowest BCUT2D eigenvalue weighted by atomic mass is 10.1. The zero-order chi connectivity index (χ0) is 13.7. The van der Waals surface area contributed by atoms with Crippen LogP contribution in [0.5, 0.6) is 0 Å². The number of hydrogen-bond acceptors (Lipinski definition) is 3. The third-order valence-electron chi connectivity index (χ3n) is 2.55. The molecule has 0 fully saturated rings. The minimum atomic E-state index is -1.04. The zero-order valence-electron chi connectivity index (χ0n) is 10.3. The van der Waals surface area contributed by atoms with Crippen LogP contribution in [-0.2, 0) is 9.59 Å². The molecule has 1 rings (SSSR count). The summed E-state index contributed by atoms with van der Waals surface area (Å²) in [5.41, 5.74) is 1.17. The summed E-state index contributed by atoms with van der Waals surface area (Å²) in [7, 11) is 0. The highest BCUT2D eigenvalue weighted by Crippen LogP contribution is 2.11. The number of rotatable bonds is 4. The maximum absolute atomic E-state index is 12.1. The Hall–Kier alpha value is -2.17. The van der Waals surface area contributed by atoms with E-state index in [0.29, 0.717) is 5.56 Å². The minimum absolute atomic E-state index is 0.113. The maximum atomic E-state index is 12.1. The monoisotopic (exact) mass is 249 g/mol. The molecule has 0 radical (unpaired) electrons. The van der Waals surface area contributed by atoms with Crippen LogP contribution in [0.1, 0.15) is 29.3 Å². The summed E-state index contributed by atoms with van der Waals surface area (Å²) in [6, 6.07) is 6.88. The summed E-state index contributed by atoms with van der Waals surface area (Å²) in [6.45, 7) is 2.90. The van der Waals surface area contributed by atoms with Gasteiger partial charge < -0.3 is 5.11 Å². The van der Waals surface area contributed by atoms with Crippen LogP contribution in [0, 0.1) is 6.92 Å². The van der Waals surface area contributed by atoms with Crippen molar-refractivity contribution in [1.29, 1.82) is 0 Å². The Morgan fingerprint density at radius 1 is 1.22 bits per heavy atom. The van der Waals surface area contributed by atoms with E-state index in [0.717, 1.165) is 10.5 Å². The summed E-state index contributed by atoms with van der Waals surface area (Å²) in [5.74, 6) is -1.95. The number of benzene rings is 1. The molecule has 0 unspecified atom stereocenters. The highest BCUT2D eigenvalue weighted by atomic mass is 16.4. The Balaban J connectivity index is 2.93. The first-order valence-electron chi connectivity index (χ1n) is 5.53. The van der Waals surface area contributed by atoms with Crippen molar-refractivity contribution in [3.63, 3.8) is 0 Å². The number of carbonyl (C=O) groups excluding carboxylic acids is 2. The second-order valence-electron chi connectivity index (χ2n) is 3.93. The van der Waals surface area contributed by atoms with Crippen molar-refractivity contribution in [2.45, 2.75) is 20.3 Å². The molecule has 5 heteroatoms. The molecule has 0 aliphatic rings. The quantitative estimate of drug-likeness (QED) is 0.876. The van der Waals surface area contributed by atoms with Crippen LogP contribution in [0.25, 0.3) is 0 Å². The summed E-state index contributed by atoms with van der Waals surface area (Å²) >= 11 is 0. The number of imide groups is 1. The smallest absolute Gasteiger partial charge is 0.305 e. The molecular weight excluding hydrogens is 234 g/mol. The molecule has 1 aromatic carbocycles. The molecule has 96 valence electrons. The Morgan fingerprint density at radius 2 is 1.83 bits per heavy atom. The van der Waals surface area contributed by atoms with E-state index in [9.17, 15) is 14.4 Å². The molecule has 0 atom stereocenters. The van der Waals surface area contributed by atoms with Gasteiger partial charge in [0, 0.05) is 19.0 Å². The number of aryl methyl sites for hydroxylation is 1. The fourth-order valence-corrected chi connectivity index (χ4v) is 1.57. The zero-order valence-corrected chi connectivity index (χ0v) is 10.3. The third-order valence-corrected chi connectivity index (χ3v) is 2.55. The molecule has 5 nitrogen and oxygen atoms in total. The van der Waals surface area contributed by atoms with E-state index in [1.807, 2.05) is 0 Å². The summed E-state index contributed by atoms with van der Waals surface area (Å²) < 4.78 is 0. The first kappa shape index (κ1) is 13.9. The SMILES string of the molecule is CC(=O)N(CCC(=O)O)C(=O)c1ccccc1C. The summed E-state index contributed by atoms with van der Waals surface area (Å²) in [5, 5.41) is 8.60. The van der Waals surface area contributed by atoms with Crippen LogP contribution >= 0.6 is 0 Å². The van der Waals surface area contributed by atoms with E-state index in [4.69, 9.17) is 5.11 Å². The number of aliphatic carboxylic acids is 1. The topological polar surface area (TPSA) is 74.7 Å². The Morgan fingerprint density at radius 3 is 2.33 bits per heavy atom. The van der Waals surface area contributed by atoms with Gasteiger partial charge in [0.1, 0.15) is 0 Å². The van der Waals surface area contributed by atoms with Gasteiger partial charge in [0.15, 0.2) is 0 Å². The second kappa shape index (κ2) is 5.95. The van der Waals surface area contributed by atoms with Crippen molar-refractivity contribution < 1.29 is 19.5 Å². The van der Waals surface area contributed by atoms with E-state index >= 15 is 0 Å². The van der Waals surface area contributed by atoms with Crippen molar-refractivity contribution in [2.24, 2.45) is 0 Å². The standard InChI is InChI=1S/C13H15NO4/c1-9-5-3-4-6-11(9)13(18)14(10(2)15)8-7-12(16)17/h3-6H,7-8H2,1-2H3,(H,16,17). The molecule has 0 aliphatic heterocycles. The molecular formula is C13H15NO4. The van der Waals surface area contributed by atoms with Crippen molar-refractivity contribution in [3.8, 4) is 0 Å². The van der Waals surface area contributed by atoms with Crippen LogP contribution < -0.4 is 0 Å². The van der Waals surface area contributed by atoms with Gasteiger partial charge in [-0.15, -0.1) is 0 Å². The van der Waals surface area contributed by atoms with Crippen LogP contribution in [0.3, 0.4) is 0 Å². The lowest BCUT2D eigenvalue weighted by molar-refractivity contribution is -0.137. The molecule has 1 aromatic rings. The highest BCUT2D eigenvalue weighted by molar-refractivity contribution is 6.05. The number of amides is 2. The minimum Gasteiger partial charge on any atom is -0.481 e. The molecule has 2 amide bonds. The van der Waals surface area contributed by atoms with E-state index in [1.165, 1.54) is 6.92 Å². The first-order valence-corrected chi connectivity index (χ1v) is 5.53. The predicted molar refractivity (Wildman–Crippen MR) is 65.1 cm³/mol.